The maximum Gasteiger partial charge on any atom is 0.0347 e. The van der Waals surface area contributed by atoms with Crippen molar-refractivity contribution in [2.24, 2.45) is 5.92 Å². The zero-order chi connectivity index (χ0) is 7.56. The Kier molecular flexibility index (Phi) is 2.90. The summed E-state index contributed by atoms with van der Waals surface area (Å²) < 4.78 is 11.1. The van der Waals surface area contributed by atoms with Crippen LogP contribution in [0.5, 0.6) is 0 Å². The van der Waals surface area contributed by atoms with E-state index < -0.39 is 10.8 Å². The summed E-state index contributed by atoms with van der Waals surface area (Å²) in [5, 5.41) is 0.503. The molecule has 1 saturated carbocycles. The van der Waals surface area contributed by atoms with E-state index in [9.17, 15) is 4.21 Å². The van der Waals surface area contributed by atoms with Crippen LogP contribution in [0.2, 0.25) is 0 Å². The van der Waals surface area contributed by atoms with Gasteiger partial charge in [0.2, 0.25) is 0 Å². The maximum atomic E-state index is 11.1. The van der Waals surface area contributed by atoms with Crippen molar-refractivity contribution in [3.05, 3.63) is 0 Å². The summed E-state index contributed by atoms with van der Waals surface area (Å²) in [5.41, 5.74) is 0. The molecule has 0 aromatic carbocycles. The molecule has 0 aromatic heterocycles. The summed E-state index contributed by atoms with van der Waals surface area (Å²) in [6.45, 7) is 2.26. The Hall–Kier alpha value is 0.150. The van der Waals surface area contributed by atoms with Crippen LogP contribution >= 0.6 is 0 Å². The van der Waals surface area contributed by atoms with Gasteiger partial charge < -0.3 is 0 Å². The van der Waals surface area contributed by atoms with Crippen molar-refractivity contribution >= 4 is 10.8 Å². The number of rotatable bonds is 1. The first kappa shape index (κ1) is 8.25. The van der Waals surface area contributed by atoms with Gasteiger partial charge in [-0.25, -0.2) is 0 Å². The van der Waals surface area contributed by atoms with Crippen molar-refractivity contribution in [3.8, 4) is 0 Å². The van der Waals surface area contributed by atoms with E-state index >= 15 is 0 Å². The molecule has 0 bridgehead atoms. The third-order valence-corrected chi connectivity index (χ3v) is 3.72. The first-order valence-electron chi connectivity index (χ1n) is 4.02. The molecule has 2 heteroatoms. The van der Waals surface area contributed by atoms with Gasteiger partial charge in [-0.05, 0) is 18.8 Å². The average Bonchev–Trinajstić information content (AvgIpc) is 1.88. The van der Waals surface area contributed by atoms with Crippen LogP contribution in [0.1, 0.15) is 32.6 Å². The van der Waals surface area contributed by atoms with Gasteiger partial charge in [-0.1, -0.05) is 19.8 Å². The fourth-order valence-electron chi connectivity index (χ4n) is 1.68. The molecular formula is C8H16OS. The zero-order valence-corrected chi connectivity index (χ0v) is 7.62. The zero-order valence-electron chi connectivity index (χ0n) is 6.80. The second-order valence-corrected chi connectivity index (χ2v) is 5.06. The summed E-state index contributed by atoms with van der Waals surface area (Å²) in [5.74, 6) is 0.808. The van der Waals surface area contributed by atoms with E-state index in [-0.39, 0.29) is 0 Å². The molecule has 3 atom stereocenters. The molecule has 1 aliphatic carbocycles. The molecule has 1 nitrogen and oxygen atoms in total. The maximum absolute atomic E-state index is 11.1. The first-order valence-corrected chi connectivity index (χ1v) is 5.64. The lowest BCUT2D eigenvalue weighted by molar-refractivity contribution is 0.390. The van der Waals surface area contributed by atoms with E-state index in [0.717, 1.165) is 5.92 Å². The Morgan fingerprint density at radius 1 is 1.40 bits per heavy atom. The molecule has 0 aromatic rings. The minimum atomic E-state index is -0.573. The molecule has 0 N–H and O–H groups in total. The van der Waals surface area contributed by atoms with E-state index in [1.165, 1.54) is 25.7 Å². The molecule has 10 heavy (non-hydrogen) atoms. The van der Waals surface area contributed by atoms with Crippen LogP contribution in [0.3, 0.4) is 0 Å². The monoisotopic (exact) mass is 160 g/mol. The summed E-state index contributed by atoms with van der Waals surface area (Å²) in [6, 6.07) is 0. The van der Waals surface area contributed by atoms with Gasteiger partial charge in [0.05, 0.1) is 0 Å². The molecule has 3 unspecified atom stereocenters. The molecule has 0 amide bonds. The standard InChI is InChI=1S/C8H16OS/c1-7-4-3-5-8(6-7)10(2)9/h7-8H,3-6H2,1-2H3. The molecule has 0 aliphatic heterocycles. The molecular weight excluding hydrogens is 144 g/mol. The highest BCUT2D eigenvalue weighted by Gasteiger charge is 2.20. The lowest BCUT2D eigenvalue weighted by Gasteiger charge is -2.24. The van der Waals surface area contributed by atoms with Crippen LogP contribution < -0.4 is 0 Å². The van der Waals surface area contributed by atoms with E-state index in [4.69, 9.17) is 0 Å². The fraction of sp³-hybridized carbons (Fsp3) is 1.00. The van der Waals surface area contributed by atoms with Crippen LogP contribution in [0.15, 0.2) is 0 Å². The van der Waals surface area contributed by atoms with Gasteiger partial charge in [-0.3, -0.25) is 4.21 Å². The van der Waals surface area contributed by atoms with E-state index in [0.29, 0.717) is 5.25 Å². The fourth-order valence-corrected chi connectivity index (χ4v) is 2.78. The minimum Gasteiger partial charge on any atom is -0.260 e. The summed E-state index contributed by atoms with van der Waals surface area (Å²) in [7, 11) is -0.573. The largest absolute Gasteiger partial charge is 0.260 e. The normalized spacial score (nSPS) is 37.4. The van der Waals surface area contributed by atoms with Crippen molar-refractivity contribution in [3.63, 3.8) is 0 Å². The molecule has 1 aliphatic rings. The smallest absolute Gasteiger partial charge is 0.0347 e. The lowest BCUT2D eigenvalue weighted by atomic mass is 9.91. The predicted molar refractivity (Wildman–Crippen MR) is 45.5 cm³/mol. The highest BCUT2D eigenvalue weighted by Crippen LogP contribution is 2.26. The summed E-state index contributed by atoms with van der Waals surface area (Å²) in [6.07, 6.45) is 6.83. The Labute approximate surface area is 65.7 Å². The van der Waals surface area contributed by atoms with Crippen LogP contribution in [0.4, 0.5) is 0 Å². The van der Waals surface area contributed by atoms with Gasteiger partial charge in [0.1, 0.15) is 0 Å². The van der Waals surface area contributed by atoms with Crippen molar-refractivity contribution in [1.82, 2.24) is 0 Å². The third-order valence-electron chi connectivity index (χ3n) is 2.36. The second-order valence-electron chi connectivity index (χ2n) is 3.39. The molecule has 1 fully saturated rings. The number of hydrogen-bond donors (Lipinski definition) is 0. The Bertz CT molecular complexity index is 133. The van der Waals surface area contributed by atoms with E-state index in [1.807, 2.05) is 6.26 Å². The van der Waals surface area contributed by atoms with Gasteiger partial charge >= 0.3 is 0 Å². The number of hydrogen-bond acceptors (Lipinski definition) is 1. The Morgan fingerprint density at radius 2 is 2.10 bits per heavy atom. The van der Waals surface area contributed by atoms with Crippen LogP contribution in [-0.2, 0) is 10.8 Å². The second kappa shape index (κ2) is 3.51. The molecule has 0 heterocycles. The average molecular weight is 160 g/mol. The van der Waals surface area contributed by atoms with Crippen molar-refractivity contribution in [1.29, 1.82) is 0 Å². The highest BCUT2D eigenvalue weighted by molar-refractivity contribution is 7.84. The molecule has 0 saturated heterocycles. The van der Waals surface area contributed by atoms with E-state index in [1.54, 1.807) is 0 Å². The van der Waals surface area contributed by atoms with Gasteiger partial charge in [0.15, 0.2) is 0 Å². The topological polar surface area (TPSA) is 17.1 Å². The van der Waals surface area contributed by atoms with Crippen LogP contribution in [0, 0.1) is 5.92 Å². The molecule has 60 valence electrons. The van der Waals surface area contributed by atoms with Gasteiger partial charge in [-0.2, -0.15) is 0 Å². The van der Waals surface area contributed by atoms with Gasteiger partial charge in [0, 0.05) is 22.3 Å². The van der Waals surface area contributed by atoms with E-state index in [2.05, 4.69) is 6.92 Å². The first-order chi connectivity index (χ1) is 4.70. The van der Waals surface area contributed by atoms with Crippen molar-refractivity contribution in [2.75, 3.05) is 6.26 Å². The Morgan fingerprint density at radius 3 is 2.50 bits per heavy atom. The SMILES string of the molecule is CC1CCCC(S(C)=O)C1. The predicted octanol–water partition coefficient (Wildman–Crippen LogP) is 1.94. The van der Waals surface area contributed by atoms with Crippen molar-refractivity contribution in [2.45, 2.75) is 37.9 Å². The van der Waals surface area contributed by atoms with Crippen molar-refractivity contribution < 1.29 is 4.21 Å². The summed E-state index contributed by atoms with van der Waals surface area (Å²) >= 11 is 0. The highest BCUT2D eigenvalue weighted by atomic mass is 32.2. The lowest BCUT2D eigenvalue weighted by Crippen LogP contribution is -2.21. The third kappa shape index (κ3) is 2.08. The Balaban J connectivity index is 2.39. The van der Waals surface area contributed by atoms with Gasteiger partial charge in [0.25, 0.3) is 0 Å². The quantitative estimate of drug-likeness (QED) is 0.573. The van der Waals surface area contributed by atoms with Crippen LogP contribution in [0.25, 0.3) is 0 Å². The minimum absolute atomic E-state index is 0.503. The molecule has 1 rings (SSSR count). The summed E-state index contributed by atoms with van der Waals surface area (Å²) in [4.78, 5) is 0. The van der Waals surface area contributed by atoms with Crippen LogP contribution in [-0.4, -0.2) is 15.7 Å². The molecule has 0 radical (unpaired) electrons. The van der Waals surface area contributed by atoms with Gasteiger partial charge in [-0.15, -0.1) is 0 Å². The molecule has 0 spiro atoms.